The van der Waals surface area contributed by atoms with Crippen LogP contribution in [0, 0.1) is 23.7 Å². The zero-order chi connectivity index (χ0) is 13.0. The molecule has 0 amide bonds. The van der Waals surface area contributed by atoms with E-state index in [1.54, 1.807) is 0 Å². The molecule has 18 heavy (non-hydrogen) atoms. The van der Waals surface area contributed by atoms with Crippen LogP contribution < -0.4 is 0 Å². The van der Waals surface area contributed by atoms with Crippen LogP contribution in [0.25, 0.3) is 0 Å². The Morgan fingerprint density at radius 3 is 2.33 bits per heavy atom. The average molecular weight is 271 g/mol. The van der Waals surface area contributed by atoms with E-state index < -0.39 is 0 Å². The molecule has 2 fully saturated rings. The second kappa shape index (κ2) is 6.93. The third-order valence-electron chi connectivity index (χ3n) is 5.31. The molecule has 2 rings (SSSR count). The zero-order valence-corrected chi connectivity index (χ0v) is 12.4. The molecule has 0 aliphatic heterocycles. The van der Waals surface area contributed by atoms with Crippen LogP contribution in [0.5, 0.6) is 0 Å². The summed E-state index contributed by atoms with van der Waals surface area (Å²) >= 11 is 5.61. The molecule has 104 valence electrons. The lowest BCUT2D eigenvalue weighted by molar-refractivity contribution is -0.116. The van der Waals surface area contributed by atoms with E-state index in [1.165, 1.54) is 51.4 Å². The van der Waals surface area contributed by atoms with Crippen LogP contribution in [0.3, 0.4) is 0 Å². The van der Waals surface area contributed by atoms with Crippen LogP contribution in [-0.2, 0) is 4.79 Å². The Labute approximate surface area is 117 Å². The maximum absolute atomic E-state index is 11.2. The number of carbonyl (C=O) groups excluding carboxylic acids is 1. The number of rotatable bonds is 5. The van der Waals surface area contributed by atoms with E-state index >= 15 is 0 Å². The SMILES string of the molecule is CCCCC1CCC(C2CCC(C(=O)Cl)CC2)C1. The van der Waals surface area contributed by atoms with Gasteiger partial charge >= 0.3 is 0 Å². The molecular formula is C16H27ClO. The third-order valence-corrected chi connectivity index (χ3v) is 5.62. The fraction of sp³-hybridized carbons (Fsp3) is 0.938. The van der Waals surface area contributed by atoms with Gasteiger partial charge in [-0.1, -0.05) is 32.6 Å². The lowest BCUT2D eigenvalue weighted by Gasteiger charge is -2.30. The second-order valence-electron chi connectivity index (χ2n) is 6.50. The van der Waals surface area contributed by atoms with Gasteiger partial charge in [0, 0.05) is 5.92 Å². The van der Waals surface area contributed by atoms with E-state index in [0.29, 0.717) is 0 Å². The Morgan fingerprint density at radius 1 is 1.06 bits per heavy atom. The third kappa shape index (κ3) is 3.73. The molecule has 1 nitrogen and oxygen atoms in total. The molecule has 2 atom stereocenters. The molecule has 2 unspecified atom stereocenters. The van der Waals surface area contributed by atoms with Crippen LogP contribution in [0.2, 0.25) is 0 Å². The highest BCUT2D eigenvalue weighted by atomic mass is 35.5. The highest BCUT2D eigenvalue weighted by Crippen LogP contribution is 2.44. The molecule has 0 aromatic carbocycles. The monoisotopic (exact) mass is 270 g/mol. The van der Waals surface area contributed by atoms with E-state index in [1.807, 2.05) is 0 Å². The van der Waals surface area contributed by atoms with Crippen LogP contribution in [0.15, 0.2) is 0 Å². The minimum absolute atomic E-state index is 0.0966. The molecule has 0 aromatic rings. The number of halogens is 1. The first-order valence-electron chi connectivity index (χ1n) is 7.90. The predicted molar refractivity (Wildman–Crippen MR) is 76.7 cm³/mol. The minimum atomic E-state index is -0.0966. The van der Waals surface area contributed by atoms with Gasteiger partial charge in [0.1, 0.15) is 0 Å². The van der Waals surface area contributed by atoms with Crippen LogP contribution >= 0.6 is 11.6 Å². The number of hydrogen-bond acceptors (Lipinski definition) is 1. The van der Waals surface area contributed by atoms with Gasteiger partial charge in [0.15, 0.2) is 0 Å². The predicted octanol–water partition coefficient (Wildman–Crippen LogP) is 5.16. The Balaban J connectivity index is 1.72. The molecular weight excluding hydrogens is 244 g/mol. The Bertz CT molecular complexity index is 268. The quantitative estimate of drug-likeness (QED) is 0.630. The van der Waals surface area contributed by atoms with Crippen molar-refractivity contribution in [1.29, 1.82) is 0 Å². The van der Waals surface area contributed by atoms with Crippen LogP contribution in [-0.4, -0.2) is 5.24 Å². The van der Waals surface area contributed by atoms with Crippen LogP contribution in [0.4, 0.5) is 0 Å². The summed E-state index contributed by atoms with van der Waals surface area (Å²) in [6.45, 7) is 2.29. The van der Waals surface area contributed by atoms with Crippen molar-refractivity contribution in [1.82, 2.24) is 0 Å². The molecule has 2 saturated carbocycles. The second-order valence-corrected chi connectivity index (χ2v) is 6.87. The average Bonchev–Trinajstić information content (AvgIpc) is 2.85. The van der Waals surface area contributed by atoms with Gasteiger partial charge in [-0.15, -0.1) is 0 Å². The fourth-order valence-corrected chi connectivity index (χ4v) is 4.33. The lowest BCUT2D eigenvalue weighted by atomic mass is 9.75. The fourth-order valence-electron chi connectivity index (χ4n) is 4.11. The standard InChI is InChI=1S/C16H27ClO/c1-2-3-4-12-5-6-15(11-12)13-7-9-14(10-8-13)16(17)18/h12-15H,2-11H2,1H3. The van der Waals surface area contributed by atoms with Gasteiger partial charge in [-0.25, -0.2) is 0 Å². The Morgan fingerprint density at radius 2 is 1.72 bits per heavy atom. The summed E-state index contributed by atoms with van der Waals surface area (Å²) in [5.41, 5.74) is 0. The van der Waals surface area contributed by atoms with E-state index in [9.17, 15) is 4.79 Å². The van der Waals surface area contributed by atoms with Crippen LogP contribution in [0.1, 0.15) is 71.1 Å². The molecule has 0 N–H and O–H groups in total. The highest BCUT2D eigenvalue weighted by Gasteiger charge is 2.34. The first-order valence-corrected chi connectivity index (χ1v) is 8.27. The van der Waals surface area contributed by atoms with Crippen molar-refractivity contribution < 1.29 is 4.79 Å². The van der Waals surface area contributed by atoms with Crippen molar-refractivity contribution in [3.05, 3.63) is 0 Å². The molecule has 0 heterocycles. The van der Waals surface area contributed by atoms with Crippen molar-refractivity contribution in [3.8, 4) is 0 Å². The molecule has 0 spiro atoms. The Kier molecular flexibility index (Phi) is 5.54. The van der Waals surface area contributed by atoms with Crippen molar-refractivity contribution in [2.24, 2.45) is 23.7 Å². The molecule has 0 saturated heterocycles. The molecule has 0 aromatic heterocycles. The number of carbonyl (C=O) groups is 1. The topological polar surface area (TPSA) is 17.1 Å². The van der Waals surface area contributed by atoms with Crippen molar-refractivity contribution >= 4 is 16.8 Å². The highest BCUT2D eigenvalue weighted by molar-refractivity contribution is 6.63. The normalized spacial score (nSPS) is 36.8. The summed E-state index contributed by atoms with van der Waals surface area (Å²) in [5.74, 6) is 3.02. The van der Waals surface area contributed by atoms with E-state index in [0.717, 1.165) is 30.6 Å². The van der Waals surface area contributed by atoms with Gasteiger partial charge in [-0.2, -0.15) is 0 Å². The summed E-state index contributed by atoms with van der Waals surface area (Å²) in [7, 11) is 0. The smallest absolute Gasteiger partial charge is 0.224 e. The zero-order valence-electron chi connectivity index (χ0n) is 11.7. The maximum atomic E-state index is 11.2. The van der Waals surface area contributed by atoms with Gasteiger partial charge in [-0.05, 0) is 67.9 Å². The van der Waals surface area contributed by atoms with E-state index in [2.05, 4.69) is 6.92 Å². The van der Waals surface area contributed by atoms with Crippen molar-refractivity contribution in [3.63, 3.8) is 0 Å². The maximum Gasteiger partial charge on any atom is 0.224 e. The molecule has 2 heteroatoms. The summed E-state index contributed by atoms with van der Waals surface area (Å²) in [6.07, 6.45) is 13.1. The number of hydrogen-bond donors (Lipinski definition) is 0. The summed E-state index contributed by atoms with van der Waals surface area (Å²) in [4.78, 5) is 11.2. The first kappa shape index (κ1) is 14.4. The van der Waals surface area contributed by atoms with Gasteiger partial charge in [0.2, 0.25) is 5.24 Å². The summed E-state index contributed by atoms with van der Waals surface area (Å²) < 4.78 is 0. The van der Waals surface area contributed by atoms with Gasteiger partial charge < -0.3 is 0 Å². The largest absolute Gasteiger partial charge is 0.281 e. The first-order chi connectivity index (χ1) is 8.70. The van der Waals surface area contributed by atoms with Gasteiger partial charge in [0.05, 0.1) is 0 Å². The minimum Gasteiger partial charge on any atom is -0.281 e. The Hall–Kier alpha value is -0.0400. The molecule has 0 radical (unpaired) electrons. The molecule has 2 aliphatic carbocycles. The van der Waals surface area contributed by atoms with E-state index in [4.69, 9.17) is 11.6 Å². The molecule has 0 bridgehead atoms. The van der Waals surface area contributed by atoms with E-state index in [-0.39, 0.29) is 11.2 Å². The van der Waals surface area contributed by atoms with Gasteiger partial charge in [-0.3, -0.25) is 4.79 Å². The summed E-state index contributed by atoms with van der Waals surface area (Å²) in [5, 5.41) is -0.0966. The van der Waals surface area contributed by atoms with Gasteiger partial charge in [0.25, 0.3) is 0 Å². The number of unbranched alkanes of at least 4 members (excludes halogenated alkanes) is 1. The molecule has 2 aliphatic rings. The van der Waals surface area contributed by atoms with Crippen molar-refractivity contribution in [2.45, 2.75) is 71.1 Å². The van der Waals surface area contributed by atoms with Crippen molar-refractivity contribution in [2.75, 3.05) is 0 Å². The summed E-state index contributed by atoms with van der Waals surface area (Å²) in [6, 6.07) is 0. The lowest BCUT2D eigenvalue weighted by Crippen LogP contribution is -2.23.